The van der Waals surface area contributed by atoms with Crippen molar-refractivity contribution < 1.29 is 14.3 Å². The van der Waals surface area contributed by atoms with Crippen molar-refractivity contribution in [2.75, 3.05) is 0 Å². The third-order valence-corrected chi connectivity index (χ3v) is 3.13. The second kappa shape index (κ2) is 5.21. The van der Waals surface area contributed by atoms with E-state index in [1.165, 1.54) is 4.90 Å². The molecule has 1 fully saturated rings. The maximum absolute atomic E-state index is 11.9. The number of rotatable bonds is 3. The summed E-state index contributed by atoms with van der Waals surface area (Å²) in [6, 6.07) is 9.26. The van der Waals surface area contributed by atoms with Gasteiger partial charge in [0.25, 0.3) is 0 Å². The SMILES string of the molecule is CCCC(=O)N1C(=O)OC(c2ccccc2)C1C. The number of imide groups is 1. The molecule has 0 N–H and O–H groups in total. The zero-order chi connectivity index (χ0) is 13.1. The first kappa shape index (κ1) is 12.6. The van der Waals surface area contributed by atoms with Crippen molar-refractivity contribution in [1.82, 2.24) is 4.90 Å². The van der Waals surface area contributed by atoms with Gasteiger partial charge in [-0.05, 0) is 18.9 Å². The lowest BCUT2D eigenvalue weighted by Gasteiger charge is -2.19. The van der Waals surface area contributed by atoms with Crippen LogP contribution in [0.3, 0.4) is 0 Å². The summed E-state index contributed by atoms with van der Waals surface area (Å²) < 4.78 is 5.31. The minimum atomic E-state index is -0.533. The predicted molar refractivity (Wildman–Crippen MR) is 66.9 cm³/mol. The number of hydrogen-bond acceptors (Lipinski definition) is 3. The molecule has 4 heteroatoms. The molecule has 0 aliphatic carbocycles. The summed E-state index contributed by atoms with van der Waals surface area (Å²) in [5.74, 6) is -0.159. The lowest BCUT2D eigenvalue weighted by atomic mass is 10.0. The summed E-state index contributed by atoms with van der Waals surface area (Å²) in [5, 5.41) is 0. The third-order valence-electron chi connectivity index (χ3n) is 3.13. The van der Waals surface area contributed by atoms with Crippen LogP contribution < -0.4 is 0 Å². The molecule has 2 amide bonds. The molecule has 2 atom stereocenters. The summed E-state index contributed by atoms with van der Waals surface area (Å²) in [6.07, 6.45) is 0.209. The Kier molecular flexibility index (Phi) is 3.65. The fourth-order valence-electron chi connectivity index (χ4n) is 2.22. The molecule has 1 aliphatic rings. The monoisotopic (exact) mass is 247 g/mol. The molecule has 0 spiro atoms. The lowest BCUT2D eigenvalue weighted by Crippen LogP contribution is -2.37. The number of cyclic esters (lactones) is 1. The molecule has 0 bridgehead atoms. The molecule has 2 rings (SSSR count). The van der Waals surface area contributed by atoms with Crippen LogP contribution in [0.15, 0.2) is 30.3 Å². The zero-order valence-corrected chi connectivity index (χ0v) is 10.6. The van der Waals surface area contributed by atoms with Gasteiger partial charge in [-0.15, -0.1) is 0 Å². The maximum atomic E-state index is 11.9. The Morgan fingerprint density at radius 1 is 1.33 bits per heavy atom. The van der Waals surface area contributed by atoms with Gasteiger partial charge in [-0.25, -0.2) is 9.69 Å². The van der Waals surface area contributed by atoms with E-state index in [-0.39, 0.29) is 18.1 Å². The average molecular weight is 247 g/mol. The highest BCUT2D eigenvalue weighted by molar-refractivity contribution is 5.93. The highest BCUT2D eigenvalue weighted by Gasteiger charge is 2.42. The maximum Gasteiger partial charge on any atom is 0.417 e. The van der Waals surface area contributed by atoms with E-state index in [9.17, 15) is 9.59 Å². The summed E-state index contributed by atoms with van der Waals surface area (Å²) >= 11 is 0. The molecule has 1 aromatic rings. The summed E-state index contributed by atoms with van der Waals surface area (Å²) in [5.41, 5.74) is 0.921. The van der Waals surface area contributed by atoms with Gasteiger partial charge < -0.3 is 4.74 Å². The first-order valence-electron chi connectivity index (χ1n) is 6.22. The van der Waals surface area contributed by atoms with E-state index < -0.39 is 6.09 Å². The Morgan fingerprint density at radius 2 is 2.00 bits per heavy atom. The Morgan fingerprint density at radius 3 is 2.61 bits per heavy atom. The van der Waals surface area contributed by atoms with Crippen LogP contribution >= 0.6 is 0 Å². The number of carbonyl (C=O) groups excluding carboxylic acids is 2. The second-order valence-corrected chi connectivity index (χ2v) is 4.47. The van der Waals surface area contributed by atoms with E-state index in [0.717, 1.165) is 12.0 Å². The average Bonchev–Trinajstić information content (AvgIpc) is 2.66. The Bertz CT molecular complexity index is 444. The topological polar surface area (TPSA) is 46.6 Å². The summed E-state index contributed by atoms with van der Waals surface area (Å²) in [4.78, 5) is 24.9. The first-order valence-corrected chi connectivity index (χ1v) is 6.22. The van der Waals surface area contributed by atoms with Crippen molar-refractivity contribution in [2.24, 2.45) is 0 Å². The minimum Gasteiger partial charge on any atom is -0.439 e. The molecule has 4 nitrogen and oxygen atoms in total. The molecular formula is C14H17NO3. The van der Waals surface area contributed by atoms with Crippen LogP contribution in [-0.2, 0) is 9.53 Å². The van der Waals surface area contributed by atoms with Gasteiger partial charge in [0.05, 0.1) is 6.04 Å². The minimum absolute atomic E-state index is 0.159. The molecule has 1 aromatic carbocycles. The fraction of sp³-hybridized carbons (Fsp3) is 0.429. The van der Waals surface area contributed by atoms with Gasteiger partial charge >= 0.3 is 6.09 Å². The Balaban J connectivity index is 2.19. The van der Waals surface area contributed by atoms with Gasteiger partial charge in [-0.2, -0.15) is 0 Å². The van der Waals surface area contributed by atoms with Crippen LogP contribution in [0.25, 0.3) is 0 Å². The van der Waals surface area contributed by atoms with Crippen LogP contribution in [0.1, 0.15) is 38.4 Å². The van der Waals surface area contributed by atoms with Gasteiger partial charge in [0, 0.05) is 6.42 Å². The van der Waals surface area contributed by atoms with Crippen LogP contribution in [0.4, 0.5) is 4.79 Å². The highest BCUT2D eigenvalue weighted by Crippen LogP contribution is 2.32. The van der Waals surface area contributed by atoms with E-state index >= 15 is 0 Å². The molecule has 2 unspecified atom stereocenters. The largest absolute Gasteiger partial charge is 0.439 e. The molecule has 0 aromatic heterocycles. The van der Waals surface area contributed by atoms with E-state index in [1.807, 2.05) is 44.2 Å². The van der Waals surface area contributed by atoms with Crippen LogP contribution in [0.2, 0.25) is 0 Å². The summed E-state index contributed by atoms with van der Waals surface area (Å²) in [7, 11) is 0. The fourth-order valence-corrected chi connectivity index (χ4v) is 2.22. The summed E-state index contributed by atoms with van der Waals surface area (Å²) in [6.45, 7) is 3.76. The van der Waals surface area contributed by atoms with Crippen LogP contribution in [-0.4, -0.2) is 22.9 Å². The quantitative estimate of drug-likeness (QED) is 0.825. The van der Waals surface area contributed by atoms with Crippen molar-refractivity contribution in [2.45, 2.75) is 38.8 Å². The number of amides is 2. The van der Waals surface area contributed by atoms with Crippen LogP contribution in [0.5, 0.6) is 0 Å². The smallest absolute Gasteiger partial charge is 0.417 e. The molecule has 1 saturated heterocycles. The van der Waals surface area contributed by atoms with Crippen LogP contribution in [0, 0.1) is 0 Å². The van der Waals surface area contributed by atoms with Crippen molar-refractivity contribution in [3.05, 3.63) is 35.9 Å². The van der Waals surface area contributed by atoms with Gasteiger partial charge in [0.15, 0.2) is 0 Å². The van der Waals surface area contributed by atoms with Crippen molar-refractivity contribution >= 4 is 12.0 Å². The molecular weight excluding hydrogens is 230 g/mol. The van der Waals surface area contributed by atoms with Crippen molar-refractivity contribution in [3.63, 3.8) is 0 Å². The Labute approximate surface area is 107 Å². The first-order chi connectivity index (χ1) is 8.65. The lowest BCUT2D eigenvalue weighted by molar-refractivity contribution is -0.129. The number of ether oxygens (including phenoxy) is 1. The second-order valence-electron chi connectivity index (χ2n) is 4.47. The molecule has 18 heavy (non-hydrogen) atoms. The molecule has 1 heterocycles. The number of benzene rings is 1. The van der Waals surface area contributed by atoms with E-state index in [1.54, 1.807) is 0 Å². The Hall–Kier alpha value is -1.84. The van der Waals surface area contributed by atoms with E-state index in [2.05, 4.69) is 0 Å². The highest BCUT2D eigenvalue weighted by atomic mass is 16.6. The van der Waals surface area contributed by atoms with Gasteiger partial charge in [-0.3, -0.25) is 4.79 Å². The van der Waals surface area contributed by atoms with Crippen molar-refractivity contribution in [1.29, 1.82) is 0 Å². The molecule has 0 saturated carbocycles. The third kappa shape index (κ3) is 2.23. The number of hydrogen-bond donors (Lipinski definition) is 0. The normalized spacial score (nSPS) is 23.0. The van der Waals surface area contributed by atoms with Gasteiger partial charge in [0.1, 0.15) is 6.10 Å². The molecule has 96 valence electrons. The molecule has 0 radical (unpaired) electrons. The predicted octanol–water partition coefficient (Wildman–Crippen LogP) is 2.90. The number of carbonyl (C=O) groups is 2. The van der Waals surface area contributed by atoms with E-state index in [0.29, 0.717) is 6.42 Å². The van der Waals surface area contributed by atoms with Gasteiger partial charge in [0.2, 0.25) is 5.91 Å². The number of nitrogens with zero attached hydrogens (tertiary/aromatic N) is 1. The zero-order valence-electron chi connectivity index (χ0n) is 10.6. The van der Waals surface area contributed by atoms with Crippen molar-refractivity contribution in [3.8, 4) is 0 Å². The van der Waals surface area contributed by atoms with E-state index in [4.69, 9.17) is 4.74 Å². The van der Waals surface area contributed by atoms with Gasteiger partial charge in [-0.1, -0.05) is 37.3 Å². The molecule has 1 aliphatic heterocycles. The standard InChI is InChI=1S/C14H17NO3/c1-3-7-12(16)15-10(2)13(18-14(15)17)11-8-5-4-6-9-11/h4-6,8-10,13H,3,7H2,1-2H3.